The Morgan fingerprint density at radius 3 is 2.68 bits per heavy atom. The lowest BCUT2D eigenvalue weighted by Crippen LogP contribution is -2.29. The first-order valence-electron chi connectivity index (χ1n) is 9.66. The molecule has 3 heterocycles. The third kappa shape index (κ3) is 4.46. The summed E-state index contributed by atoms with van der Waals surface area (Å²) in [6, 6.07) is 9.95. The Balaban J connectivity index is 1.44. The molecule has 1 aliphatic rings. The number of Topliss-reactive ketones (excluding diaryl/α,β-unsaturated/α-hetero) is 1. The Hall–Kier alpha value is -2.57. The van der Waals surface area contributed by atoms with Gasteiger partial charge in [0.15, 0.2) is 5.78 Å². The average Bonchev–Trinajstić information content (AvgIpc) is 3.26. The molecule has 144 valence electrons. The summed E-state index contributed by atoms with van der Waals surface area (Å²) in [5, 5.41) is 5.41. The van der Waals surface area contributed by atoms with Gasteiger partial charge in [0.25, 0.3) is 0 Å². The maximum atomic E-state index is 12.7. The highest BCUT2D eigenvalue weighted by molar-refractivity contribution is 7.13. The van der Waals surface area contributed by atoms with E-state index in [4.69, 9.17) is 5.73 Å². The highest BCUT2D eigenvalue weighted by Gasteiger charge is 2.16. The fraction of sp³-hybridized carbons (Fsp3) is 0.318. The van der Waals surface area contributed by atoms with E-state index >= 15 is 0 Å². The molecule has 1 aromatic carbocycles. The molecule has 1 fully saturated rings. The molecule has 0 radical (unpaired) electrons. The molecule has 3 N–H and O–H groups in total. The summed E-state index contributed by atoms with van der Waals surface area (Å²) in [4.78, 5) is 22.8. The standard InChI is InChI=1S/C22H24N4OS/c23-19-4-3-16(21-2-1-9-28-21)11-17(19)12-20(27)18-13-25-22(26-14-18)10-15-5-7-24-8-6-15/h1-4,9,11,13-15,24H,5-8,10,12,23H2. The minimum absolute atomic E-state index is 0.0107. The molecule has 6 heteroatoms. The highest BCUT2D eigenvalue weighted by atomic mass is 32.1. The predicted octanol–water partition coefficient (Wildman–Crippen LogP) is 3.75. The van der Waals surface area contributed by atoms with Crippen LogP contribution >= 0.6 is 11.3 Å². The number of piperidine rings is 1. The molecule has 0 atom stereocenters. The normalized spacial score (nSPS) is 14.9. The van der Waals surface area contributed by atoms with Gasteiger partial charge < -0.3 is 11.1 Å². The molecule has 0 spiro atoms. The van der Waals surface area contributed by atoms with Crippen molar-refractivity contribution in [2.45, 2.75) is 25.7 Å². The molecule has 0 saturated carbocycles. The topological polar surface area (TPSA) is 80.9 Å². The van der Waals surface area contributed by atoms with Crippen molar-refractivity contribution in [3.05, 3.63) is 65.1 Å². The summed E-state index contributed by atoms with van der Waals surface area (Å²) in [5.41, 5.74) is 9.21. The highest BCUT2D eigenvalue weighted by Crippen LogP contribution is 2.28. The van der Waals surface area contributed by atoms with E-state index in [1.165, 1.54) is 4.88 Å². The van der Waals surface area contributed by atoms with E-state index in [1.807, 2.05) is 29.6 Å². The number of carbonyl (C=O) groups excluding carboxylic acids is 1. The number of nitrogens with zero attached hydrogens (tertiary/aromatic N) is 2. The zero-order chi connectivity index (χ0) is 19.3. The molecule has 0 bridgehead atoms. The maximum Gasteiger partial charge on any atom is 0.170 e. The van der Waals surface area contributed by atoms with Gasteiger partial charge in [0.05, 0.1) is 5.56 Å². The third-order valence-corrected chi connectivity index (χ3v) is 6.18. The SMILES string of the molecule is Nc1ccc(-c2cccs2)cc1CC(=O)c1cnc(CC2CCNCC2)nc1. The van der Waals surface area contributed by atoms with Gasteiger partial charge in [-0.05, 0) is 66.6 Å². The van der Waals surface area contributed by atoms with Crippen LogP contribution in [0.3, 0.4) is 0 Å². The van der Waals surface area contributed by atoms with Crippen LogP contribution in [0.15, 0.2) is 48.1 Å². The number of hydrogen-bond donors (Lipinski definition) is 2. The van der Waals surface area contributed by atoms with Crippen molar-refractivity contribution < 1.29 is 4.79 Å². The van der Waals surface area contributed by atoms with Crippen LogP contribution in [0.1, 0.15) is 34.6 Å². The Morgan fingerprint density at radius 1 is 1.18 bits per heavy atom. The van der Waals surface area contributed by atoms with Gasteiger partial charge in [0.1, 0.15) is 5.82 Å². The lowest BCUT2D eigenvalue weighted by molar-refractivity contribution is 0.0992. The molecule has 0 unspecified atom stereocenters. The van der Waals surface area contributed by atoms with E-state index in [2.05, 4.69) is 21.4 Å². The van der Waals surface area contributed by atoms with Crippen LogP contribution in [0.5, 0.6) is 0 Å². The van der Waals surface area contributed by atoms with Gasteiger partial charge in [-0.3, -0.25) is 4.79 Å². The van der Waals surface area contributed by atoms with Crippen molar-refractivity contribution in [1.29, 1.82) is 0 Å². The van der Waals surface area contributed by atoms with Crippen LogP contribution in [0.2, 0.25) is 0 Å². The number of benzene rings is 1. The van der Waals surface area contributed by atoms with E-state index in [9.17, 15) is 4.79 Å². The second kappa shape index (κ2) is 8.63. The molecule has 1 saturated heterocycles. The van der Waals surface area contributed by atoms with Gasteiger partial charge in [0, 0.05) is 35.8 Å². The second-order valence-corrected chi connectivity index (χ2v) is 8.22. The lowest BCUT2D eigenvalue weighted by Gasteiger charge is -2.21. The Bertz CT molecular complexity index is 932. The van der Waals surface area contributed by atoms with Gasteiger partial charge in [-0.15, -0.1) is 11.3 Å². The summed E-state index contributed by atoms with van der Waals surface area (Å²) in [7, 11) is 0. The van der Waals surface area contributed by atoms with Crippen molar-refractivity contribution in [2.75, 3.05) is 18.8 Å². The predicted molar refractivity (Wildman–Crippen MR) is 114 cm³/mol. The summed E-state index contributed by atoms with van der Waals surface area (Å²) >= 11 is 1.67. The van der Waals surface area contributed by atoms with E-state index in [0.29, 0.717) is 17.2 Å². The summed E-state index contributed by atoms with van der Waals surface area (Å²) in [5.74, 6) is 1.44. The molecule has 0 aliphatic carbocycles. The smallest absolute Gasteiger partial charge is 0.170 e. The Labute approximate surface area is 169 Å². The summed E-state index contributed by atoms with van der Waals surface area (Å²) in [6.07, 6.45) is 6.76. The largest absolute Gasteiger partial charge is 0.398 e. The number of rotatable bonds is 6. The maximum absolute atomic E-state index is 12.7. The number of hydrogen-bond acceptors (Lipinski definition) is 6. The van der Waals surface area contributed by atoms with Crippen molar-refractivity contribution in [3.63, 3.8) is 0 Å². The Kier molecular flexibility index (Phi) is 5.78. The van der Waals surface area contributed by atoms with E-state index < -0.39 is 0 Å². The minimum atomic E-state index is -0.0107. The third-order valence-electron chi connectivity index (χ3n) is 5.26. The zero-order valence-electron chi connectivity index (χ0n) is 15.7. The molecular weight excluding hydrogens is 368 g/mol. The van der Waals surface area contributed by atoms with Crippen molar-refractivity contribution in [1.82, 2.24) is 15.3 Å². The number of anilines is 1. The molecule has 3 aromatic rings. The average molecular weight is 393 g/mol. The van der Waals surface area contributed by atoms with Gasteiger partial charge in [-0.25, -0.2) is 9.97 Å². The van der Waals surface area contributed by atoms with Crippen molar-refractivity contribution in [3.8, 4) is 10.4 Å². The number of nitrogen functional groups attached to an aromatic ring is 1. The van der Waals surface area contributed by atoms with Crippen LogP contribution in [0.25, 0.3) is 10.4 Å². The molecular formula is C22H24N4OS. The molecule has 5 nitrogen and oxygen atoms in total. The van der Waals surface area contributed by atoms with E-state index in [0.717, 1.165) is 49.3 Å². The van der Waals surface area contributed by atoms with Crippen LogP contribution in [0, 0.1) is 5.92 Å². The fourth-order valence-electron chi connectivity index (χ4n) is 3.58. The lowest BCUT2D eigenvalue weighted by atomic mass is 9.94. The number of carbonyl (C=O) groups is 1. The molecule has 2 aromatic heterocycles. The zero-order valence-corrected chi connectivity index (χ0v) is 16.5. The van der Waals surface area contributed by atoms with E-state index in [1.54, 1.807) is 23.7 Å². The van der Waals surface area contributed by atoms with Gasteiger partial charge in [-0.1, -0.05) is 12.1 Å². The first-order valence-corrected chi connectivity index (χ1v) is 10.5. The number of nitrogens with one attached hydrogen (secondary N) is 1. The summed E-state index contributed by atoms with van der Waals surface area (Å²) < 4.78 is 0. The van der Waals surface area contributed by atoms with Crippen LogP contribution < -0.4 is 11.1 Å². The fourth-order valence-corrected chi connectivity index (χ4v) is 4.30. The van der Waals surface area contributed by atoms with Gasteiger partial charge >= 0.3 is 0 Å². The van der Waals surface area contributed by atoms with Gasteiger partial charge in [0.2, 0.25) is 0 Å². The second-order valence-electron chi connectivity index (χ2n) is 7.28. The molecule has 1 aliphatic heterocycles. The molecule has 4 rings (SSSR count). The van der Waals surface area contributed by atoms with Crippen LogP contribution in [0.4, 0.5) is 5.69 Å². The van der Waals surface area contributed by atoms with Crippen LogP contribution in [-0.2, 0) is 12.8 Å². The Morgan fingerprint density at radius 2 is 1.96 bits per heavy atom. The molecule has 28 heavy (non-hydrogen) atoms. The summed E-state index contributed by atoms with van der Waals surface area (Å²) in [6.45, 7) is 2.13. The minimum Gasteiger partial charge on any atom is -0.398 e. The first kappa shape index (κ1) is 18.8. The molecule has 0 amide bonds. The number of ketones is 1. The van der Waals surface area contributed by atoms with Crippen molar-refractivity contribution in [2.24, 2.45) is 5.92 Å². The number of aromatic nitrogens is 2. The number of nitrogens with two attached hydrogens (primary N) is 1. The van der Waals surface area contributed by atoms with Crippen molar-refractivity contribution >= 4 is 22.8 Å². The monoisotopic (exact) mass is 392 g/mol. The number of thiophene rings is 1. The quantitative estimate of drug-likeness (QED) is 0.493. The first-order chi connectivity index (χ1) is 13.7. The van der Waals surface area contributed by atoms with Gasteiger partial charge in [-0.2, -0.15) is 0 Å². The van der Waals surface area contributed by atoms with E-state index in [-0.39, 0.29) is 12.2 Å². The van der Waals surface area contributed by atoms with Crippen LogP contribution in [-0.4, -0.2) is 28.8 Å².